The van der Waals surface area contributed by atoms with Crippen molar-refractivity contribution >= 4 is 21.9 Å². The van der Waals surface area contributed by atoms with Crippen molar-refractivity contribution in [2.75, 3.05) is 27.0 Å². The van der Waals surface area contributed by atoms with Gasteiger partial charge in [0, 0.05) is 18.0 Å². The molecule has 0 amide bonds. The van der Waals surface area contributed by atoms with Crippen LogP contribution in [0.2, 0.25) is 0 Å². The Labute approximate surface area is 129 Å². The van der Waals surface area contributed by atoms with Crippen LogP contribution < -0.4 is 14.8 Å². The topological polar surface area (TPSA) is 106 Å². The number of esters is 1. The highest BCUT2D eigenvalue weighted by Gasteiger charge is 2.25. The molecule has 21 heavy (non-hydrogen) atoms. The minimum Gasteiger partial charge on any atom is -0.468 e. The second-order valence-corrected chi connectivity index (χ2v) is 4.96. The average molecular weight is 357 g/mol. The molecule has 9 heteroatoms. The van der Waals surface area contributed by atoms with Crippen molar-refractivity contribution in [1.29, 1.82) is 0 Å². The number of fused-ring (bicyclic) bond motifs is 1. The third-order valence-electron chi connectivity index (χ3n) is 2.84. The predicted molar refractivity (Wildman–Crippen MR) is 77.0 cm³/mol. The summed E-state index contributed by atoms with van der Waals surface area (Å²) in [7, 11) is 1.31. The quantitative estimate of drug-likeness (QED) is 0.276. The number of benzene rings is 1. The highest BCUT2D eigenvalue weighted by molar-refractivity contribution is 9.10. The maximum atomic E-state index is 11.9. The van der Waals surface area contributed by atoms with Gasteiger partial charge in [-0.25, -0.2) is 4.79 Å². The Balaban J connectivity index is 2.22. The number of hydrogen-bond acceptors (Lipinski definition) is 6. The van der Waals surface area contributed by atoms with E-state index in [4.69, 9.17) is 19.7 Å². The van der Waals surface area contributed by atoms with Crippen molar-refractivity contribution < 1.29 is 19.0 Å². The lowest BCUT2D eigenvalue weighted by molar-refractivity contribution is -0.143. The zero-order chi connectivity index (χ0) is 15.2. The number of halogens is 1. The van der Waals surface area contributed by atoms with Crippen LogP contribution in [0.1, 0.15) is 11.6 Å². The van der Waals surface area contributed by atoms with Crippen LogP contribution >= 0.6 is 15.9 Å². The van der Waals surface area contributed by atoms with Gasteiger partial charge in [0.2, 0.25) is 6.79 Å². The Morgan fingerprint density at radius 3 is 3.14 bits per heavy atom. The summed E-state index contributed by atoms with van der Waals surface area (Å²) in [5.41, 5.74) is 8.91. The normalized spacial score (nSPS) is 13.4. The number of nitrogens with one attached hydrogen (secondary N) is 1. The van der Waals surface area contributed by atoms with Gasteiger partial charge in [-0.2, -0.15) is 0 Å². The van der Waals surface area contributed by atoms with Crippen molar-refractivity contribution in [3.8, 4) is 11.5 Å². The molecule has 0 radical (unpaired) electrons. The van der Waals surface area contributed by atoms with Gasteiger partial charge in [-0.15, -0.1) is 0 Å². The number of azide groups is 1. The number of hydrogen-bond donors (Lipinski definition) is 1. The number of carbonyl (C=O) groups is 1. The molecule has 0 spiro atoms. The Kier molecular flexibility index (Phi) is 5.26. The molecule has 8 nitrogen and oxygen atoms in total. The van der Waals surface area contributed by atoms with Crippen LogP contribution in [0.15, 0.2) is 21.7 Å². The number of ether oxygens (including phenoxy) is 3. The minimum absolute atomic E-state index is 0.143. The van der Waals surface area contributed by atoms with Crippen molar-refractivity contribution in [1.82, 2.24) is 5.32 Å². The molecule has 1 aliphatic rings. The molecule has 0 aliphatic carbocycles. The monoisotopic (exact) mass is 356 g/mol. The van der Waals surface area contributed by atoms with E-state index in [9.17, 15) is 4.79 Å². The fourth-order valence-electron chi connectivity index (χ4n) is 1.91. The Morgan fingerprint density at radius 1 is 1.62 bits per heavy atom. The zero-order valence-corrected chi connectivity index (χ0v) is 12.8. The number of methoxy groups -OCH3 is 1. The molecule has 1 unspecified atom stereocenters. The molecule has 0 saturated carbocycles. The molecule has 112 valence electrons. The molecule has 0 fully saturated rings. The molecular weight excluding hydrogens is 344 g/mol. The molecule has 1 atom stereocenters. The van der Waals surface area contributed by atoms with Gasteiger partial charge in [0.1, 0.15) is 6.04 Å². The highest BCUT2D eigenvalue weighted by Crippen LogP contribution is 2.41. The van der Waals surface area contributed by atoms with Crippen LogP contribution in [0.3, 0.4) is 0 Å². The molecule has 1 aromatic carbocycles. The number of rotatable bonds is 6. The van der Waals surface area contributed by atoms with Gasteiger partial charge >= 0.3 is 5.97 Å². The summed E-state index contributed by atoms with van der Waals surface area (Å²) in [6.07, 6.45) is 0. The largest absolute Gasteiger partial charge is 0.468 e. The minimum atomic E-state index is -0.685. The lowest BCUT2D eigenvalue weighted by Crippen LogP contribution is -2.31. The fraction of sp³-hybridized carbons (Fsp3) is 0.417. The summed E-state index contributed by atoms with van der Waals surface area (Å²) in [5, 5.41) is 6.39. The SMILES string of the molecule is COC(=O)C(NCCN=[N+]=[N-])c1cc(Br)c2c(c1)OCO2. The molecule has 0 aromatic heterocycles. The Morgan fingerprint density at radius 2 is 2.43 bits per heavy atom. The van der Waals surface area contributed by atoms with Gasteiger partial charge in [-0.05, 0) is 39.2 Å². The van der Waals surface area contributed by atoms with E-state index >= 15 is 0 Å². The molecule has 1 heterocycles. The summed E-state index contributed by atoms with van der Waals surface area (Å²) in [5.74, 6) is 0.725. The van der Waals surface area contributed by atoms with Crippen LogP contribution in [0.5, 0.6) is 11.5 Å². The van der Waals surface area contributed by atoms with Crippen molar-refractivity contribution in [2.45, 2.75) is 6.04 Å². The second kappa shape index (κ2) is 7.16. The first-order chi connectivity index (χ1) is 10.2. The van der Waals surface area contributed by atoms with Gasteiger partial charge in [-0.1, -0.05) is 5.11 Å². The van der Waals surface area contributed by atoms with E-state index in [-0.39, 0.29) is 13.3 Å². The van der Waals surface area contributed by atoms with E-state index in [1.165, 1.54) is 7.11 Å². The molecule has 2 rings (SSSR count). The lowest BCUT2D eigenvalue weighted by Gasteiger charge is -2.17. The highest BCUT2D eigenvalue weighted by atomic mass is 79.9. The average Bonchev–Trinajstić information content (AvgIpc) is 2.95. The van der Waals surface area contributed by atoms with Crippen LogP contribution in [-0.4, -0.2) is 33.0 Å². The van der Waals surface area contributed by atoms with Gasteiger partial charge in [0.05, 0.1) is 11.6 Å². The molecule has 1 aromatic rings. The van der Waals surface area contributed by atoms with Crippen LogP contribution in [0, 0.1) is 0 Å². The summed E-state index contributed by atoms with van der Waals surface area (Å²) in [4.78, 5) is 14.6. The third kappa shape index (κ3) is 3.57. The first kappa shape index (κ1) is 15.4. The Hall–Kier alpha value is -1.96. The predicted octanol–water partition coefficient (Wildman–Crippen LogP) is 2.29. The standard InChI is InChI=1S/C12H13BrN4O4/c1-19-12(18)10(15-2-3-16-17-14)7-4-8(13)11-9(5-7)20-6-21-11/h4-5,10,15H,2-3,6H2,1H3. The van der Waals surface area contributed by atoms with E-state index in [2.05, 4.69) is 31.3 Å². The molecule has 0 saturated heterocycles. The van der Waals surface area contributed by atoms with Crippen LogP contribution in [0.25, 0.3) is 10.4 Å². The summed E-state index contributed by atoms with van der Waals surface area (Å²) in [6.45, 7) is 0.718. The summed E-state index contributed by atoms with van der Waals surface area (Å²) in [6, 6.07) is 2.79. The fourth-order valence-corrected chi connectivity index (χ4v) is 2.49. The van der Waals surface area contributed by atoms with Gasteiger partial charge < -0.3 is 19.5 Å². The molecule has 0 bridgehead atoms. The summed E-state index contributed by atoms with van der Waals surface area (Å²) < 4.78 is 16.1. The number of nitrogens with zero attached hydrogens (tertiary/aromatic N) is 3. The van der Waals surface area contributed by atoms with Crippen molar-refractivity contribution in [2.24, 2.45) is 5.11 Å². The maximum absolute atomic E-state index is 11.9. The first-order valence-corrected chi connectivity index (χ1v) is 6.87. The smallest absolute Gasteiger partial charge is 0.327 e. The summed E-state index contributed by atoms with van der Waals surface area (Å²) >= 11 is 3.38. The van der Waals surface area contributed by atoms with Crippen LogP contribution in [0.4, 0.5) is 0 Å². The van der Waals surface area contributed by atoms with Crippen molar-refractivity contribution in [3.05, 3.63) is 32.6 Å². The van der Waals surface area contributed by atoms with Gasteiger partial charge in [0.25, 0.3) is 0 Å². The second-order valence-electron chi connectivity index (χ2n) is 4.10. The van der Waals surface area contributed by atoms with E-state index in [1.807, 2.05) is 0 Å². The van der Waals surface area contributed by atoms with Crippen molar-refractivity contribution in [3.63, 3.8) is 0 Å². The first-order valence-electron chi connectivity index (χ1n) is 6.08. The van der Waals surface area contributed by atoms with E-state index in [0.29, 0.717) is 28.1 Å². The lowest BCUT2D eigenvalue weighted by atomic mass is 10.1. The van der Waals surface area contributed by atoms with Gasteiger partial charge in [0.15, 0.2) is 11.5 Å². The third-order valence-corrected chi connectivity index (χ3v) is 3.43. The Bertz CT molecular complexity index is 589. The van der Waals surface area contributed by atoms with Crippen LogP contribution in [-0.2, 0) is 9.53 Å². The zero-order valence-electron chi connectivity index (χ0n) is 11.2. The molecule has 1 aliphatic heterocycles. The van der Waals surface area contributed by atoms with Gasteiger partial charge in [-0.3, -0.25) is 0 Å². The number of carbonyl (C=O) groups excluding carboxylic acids is 1. The van der Waals surface area contributed by atoms with E-state index in [1.54, 1.807) is 12.1 Å². The van der Waals surface area contributed by atoms with E-state index in [0.717, 1.165) is 0 Å². The molecule has 1 N–H and O–H groups in total. The molecular formula is C12H13BrN4O4. The maximum Gasteiger partial charge on any atom is 0.327 e. The van der Waals surface area contributed by atoms with E-state index < -0.39 is 12.0 Å².